The van der Waals surface area contributed by atoms with Gasteiger partial charge in [-0.25, -0.2) is 4.98 Å². The lowest BCUT2D eigenvalue weighted by Gasteiger charge is -2.15. The van der Waals surface area contributed by atoms with Crippen molar-refractivity contribution in [1.82, 2.24) is 9.97 Å². The van der Waals surface area contributed by atoms with Crippen molar-refractivity contribution < 1.29 is 22.0 Å². The number of methoxy groups -OCH3 is 1. The molecule has 22 heavy (non-hydrogen) atoms. The first kappa shape index (κ1) is 16.7. The Balaban J connectivity index is 0.00000176. The van der Waals surface area contributed by atoms with E-state index >= 15 is 0 Å². The molecule has 0 spiro atoms. The van der Waals surface area contributed by atoms with Gasteiger partial charge in [-0.15, -0.1) is 0 Å². The SMILES string of the molecule is COc1ccc([NH+](C)c2nc(C)nc3c2CC(C)C3)cc1.[Cl-]. The number of ether oxygens (including phenoxy) is 1. The maximum Gasteiger partial charge on any atom is 0.237 e. The van der Waals surface area contributed by atoms with Gasteiger partial charge in [0.15, 0.2) is 0 Å². The molecule has 0 fully saturated rings. The molecular weight excluding hydrogens is 298 g/mol. The van der Waals surface area contributed by atoms with Gasteiger partial charge >= 0.3 is 0 Å². The van der Waals surface area contributed by atoms with Gasteiger partial charge in [0.2, 0.25) is 5.82 Å². The molecule has 5 heteroatoms. The molecule has 1 aromatic carbocycles. The van der Waals surface area contributed by atoms with Crippen LogP contribution in [-0.2, 0) is 12.8 Å². The Morgan fingerprint density at radius 2 is 1.82 bits per heavy atom. The summed E-state index contributed by atoms with van der Waals surface area (Å²) in [7, 11) is 3.83. The Hall–Kier alpha value is -1.65. The second kappa shape index (κ2) is 6.63. The van der Waals surface area contributed by atoms with Crippen LogP contribution in [0.3, 0.4) is 0 Å². The van der Waals surface area contributed by atoms with Crippen LogP contribution in [0.5, 0.6) is 5.75 Å². The third-order valence-corrected chi connectivity index (χ3v) is 4.18. The second-order valence-electron chi connectivity index (χ2n) is 5.91. The molecule has 4 nitrogen and oxygen atoms in total. The van der Waals surface area contributed by atoms with Crippen LogP contribution in [0, 0.1) is 12.8 Å². The summed E-state index contributed by atoms with van der Waals surface area (Å²) in [5, 5.41) is 0. The number of quaternary nitrogens is 1. The molecule has 1 aromatic heterocycles. The summed E-state index contributed by atoms with van der Waals surface area (Å²) >= 11 is 0. The van der Waals surface area contributed by atoms with Crippen molar-refractivity contribution in [1.29, 1.82) is 0 Å². The normalized spacial score (nSPS) is 17.5. The summed E-state index contributed by atoms with van der Waals surface area (Å²) in [4.78, 5) is 10.6. The van der Waals surface area contributed by atoms with E-state index in [9.17, 15) is 0 Å². The van der Waals surface area contributed by atoms with Gasteiger partial charge in [-0.2, -0.15) is 4.98 Å². The van der Waals surface area contributed by atoms with Gasteiger partial charge in [-0.3, -0.25) is 4.90 Å². The smallest absolute Gasteiger partial charge is 0.237 e. The van der Waals surface area contributed by atoms with E-state index in [1.54, 1.807) is 7.11 Å². The Morgan fingerprint density at radius 3 is 2.45 bits per heavy atom. The van der Waals surface area contributed by atoms with Crippen LogP contribution in [0.4, 0.5) is 11.5 Å². The molecule has 0 saturated heterocycles. The summed E-state index contributed by atoms with van der Waals surface area (Å²) in [5.41, 5.74) is 3.76. The van der Waals surface area contributed by atoms with Crippen LogP contribution in [0.15, 0.2) is 24.3 Å². The zero-order chi connectivity index (χ0) is 15.0. The lowest BCUT2D eigenvalue weighted by atomic mass is 10.1. The number of nitrogens with one attached hydrogen (secondary N) is 1. The van der Waals surface area contributed by atoms with Crippen molar-refractivity contribution in [3.05, 3.63) is 41.3 Å². The first-order valence-electron chi connectivity index (χ1n) is 7.43. The fourth-order valence-electron chi connectivity index (χ4n) is 3.08. The molecule has 1 aliphatic rings. The fourth-order valence-corrected chi connectivity index (χ4v) is 3.08. The van der Waals surface area contributed by atoms with Crippen molar-refractivity contribution in [2.45, 2.75) is 26.7 Å². The highest BCUT2D eigenvalue weighted by Crippen LogP contribution is 2.28. The number of rotatable bonds is 3. The van der Waals surface area contributed by atoms with E-state index in [4.69, 9.17) is 9.72 Å². The lowest BCUT2D eigenvalue weighted by molar-refractivity contribution is -0.738. The molecule has 2 unspecified atom stereocenters. The Bertz CT molecular complexity index is 658. The van der Waals surface area contributed by atoms with E-state index in [1.165, 1.54) is 21.8 Å². The lowest BCUT2D eigenvalue weighted by Crippen LogP contribution is -3.00. The van der Waals surface area contributed by atoms with Gasteiger partial charge < -0.3 is 17.1 Å². The number of hydrogen-bond acceptors (Lipinski definition) is 3. The zero-order valence-electron chi connectivity index (χ0n) is 13.5. The number of hydrogen-bond donors (Lipinski definition) is 1. The predicted molar refractivity (Wildman–Crippen MR) is 82.5 cm³/mol. The van der Waals surface area contributed by atoms with Crippen molar-refractivity contribution >= 4 is 11.5 Å². The molecule has 3 rings (SSSR count). The van der Waals surface area contributed by atoms with Crippen molar-refractivity contribution in [2.24, 2.45) is 5.92 Å². The summed E-state index contributed by atoms with van der Waals surface area (Å²) in [6.07, 6.45) is 2.15. The summed E-state index contributed by atoms with van der Waals surface area (Å²) in [6.45, 7) is 4.26. The molecule has 0 saturated carbocycles. The maximum atomic E-state index is 5.23. The molecular formula is C17H22ClN3O. The van der Waals surface area contributed by atoms with Gasteiger partial charge in [0.05, 0.1) is 25.4 Å². The quantitative estimate of drug-likeness (QED) is 0.790. The molecule has 1 heterocycles. The summed E-state index contributed by atoms with van der Waals surface area (Å²) in [5.74, 6) is 3.53. The third-order valence-electron chi connectivity index (χ3n) is 4.18. The third kappa shape index (κ3) is 3.08. The molecule has 0 radical (unpaired) electrons. The Morgan fingerprint density at radius 1 is 1.14 bits per heavy atom. The van der Waals surface area contributed by atoms with Crippen LogP contribution in [0.25, 0.3) is 0 Å². The number of fused-ring (bicyclic) bond motifs is 1. The molecule has 0 bridgehead atoms. The van der Waals surface area contributed by atoms with Gasteiger partial charge in [-0.05, 0) is 37.8 Å². The van der Waals surface area contributed by atoms with Gasteiger partial charge in [0, 0.05) is 12.1 Å². The highest BCUT2D eigenvalue weighted by Gasteiger charge is 2.28. The number of halogens is 1. The first-order chi connectivity index (χ1) is 10.1. The van der Waals surface area contributed by atoms with E-state index < -0.39 is 0 Å². The van der Waals surface area contributed by atoms with Crippen LogP contribution >= 0.6 is 0 Å². The van der Waals surface area contributed by atoms with Gasteiger partial charge in [0.25, 0.3) is 0 Å². The second-order valence-corrected chi connectivity index (χ2v) is 5.91. The maximum absolute atomic E-state index is 5.23. The molecule has 0 aliphatic heterocycles. The number of nitrogens with zero attached hydrogens (tertiary/aromatic N) is 2. The van der Waals surface area contributed by atoms with Crippen LogP contribution in [0.1, 0.15) is 24.0 Å². The Kier molecular flexibility index (Phi) is 5.04. The van der Waals surface area contributed by atoms with Crippen LogP contribution in [-0.4, -0.2) is 24.1 Å². The van der Waals surface area contributed by atoms with Gasteiger partial charge in [0.1, 0.15) is 17.3 Å². The highest BCUT2D eigenvalue weighted by molar-refractivity contribution is 5.44. The van der Waals surface area contributed by atoms with Gasteiger partial charge in [-0.1, -0.05) is 6.92 Å². The van der Waals surface area contributed by atoms with E-state index in [1.807, 2.05) is 19.1 Å². The molecule has 0 amide bonds. The zero-order valence-corrected chi connectivity index (χ0v) is 14.2. The summed E-state index contributed by atoms with van der Waals surface area (Å²) in [6, 6.07) is 8.18. The fraction of sp³-hybridized carbons (Fsp3) is 0.412. The number of benzene rings is 1. The number of aromatic nitrogens is 2. The van der Waals surface area contributed by atoms with Crippen LogP contribution in [0.2, 0.25) is 0 Å². The average Bonchev–Trinajstić information content (AvgIpc) is 2.85. The molecule has 1 aliphatic carbocycles. The molecule has 1 N–H and O–H groups in total. The average molecular weight is 320 g/mol. The largest absolute Gasteiger partial charge is 1.00 e. The van der Waals surface area contributed by atoms with Crippen molar-refractivity contribution in [3.8, 4) is 5.75 Å². The van der Waals surface area contributed by atoms with E-state index in [-0.39, 0.29) is 12.4 Å². The van der Waals surface area contributed by atoms with E-state index in [0.29, 0.717) is 5.92 Å². The predicted octanol–water partition coefficient (Wildman–Crippen LogP) is -0.990. The minimum Gasteiger partial charge on any atom is -1.00 e. The highest BCUT2D eigenvalue weighted by atomic mass is 35.5. The van der Waals surface area contributed by atoms with E-state index in [2.05, 4.69) is 31.1 Å². The summed E-state index contributed by atoms with van der Waals surface area (Å²) < 4.78 is 5.23. The monoisotopic (exact) mass is 319 g/mol. The Labute approximate surface area is 138 Å². The number of aryl methyl sites for hydroxylation is 1. The first-order valence-corrected chi connectivity index (χ1v) is 7.43. The van der Waals surface area contributed by atoms with Crippen molar-refractivity contribution in [3.63, 3.8) is 0 Å². The minimum absolute atomic E-state index is 0. The molecule has 118 valence electrons. The molecule has 2 aromatic rings. The standard InChI is InChI=1S/C17H21N3O.ClH/c1-11-9-15-16(10-11)18-12(2)19-17(15)20(3)13-5-7-14(21-4)8-6-13;/h5-8,11H,9-10H2,1-4H3;1H. The van der Waals surface area contributed by atoms with Crippen molar-refractivity contribution in [2.75, 3.05) is 14.2 Å². The van der Waals surface area contributed by atoms with E-state index in [0.717, 1.165) is 30.2 Å². The molecule has 2 atom stereocenters. The van der Waals surface area contributed by atoms with Crippen LogP contribution < -0.4 is 22.0 Å². The minimum atomic E-state index is 0. The topological polar surface area (TPSA) is 39.5 Å².